The molecule has 1 aromatic heterocycles. The quantitative estimate of drug-likeness (QED) is 0.437. The zero-order valence-electron chi connectivity index (χ0n) is 14.5. The Kier molecular flexibility index (Phi) is 3.72. The monoisotopic (exact) mass is 397 g/mol. The Morgan fingerprint density at radius 2 is 1.83 bits per heavy atom. The summed E-state index contributed by atoms with van der Waals surface area (Å²) in [7, 11) is 0.485. The molecule has 0 radical (unpaired) electrons. The molecule has 2 heterocycles. The van der Waals surface area contributed by atoms with Crippen molar-refractivity contribution in [2.75, 3.05) is 0 Å². The first-order valence-corrected chi connectivity index (χ1v) is 12.9. The van der Waals surface area contributed by atoms with Gasteiger partial charge >= 0.3 is 151 Å². The number of aromatic nitrogens is 2. The second-order valence-electron chi connectivity index (χ2n) is 6.96. The number of rotatable bonds is 1. The second kappa shape index (κ2) is 5.66. The van der Waals surface area contributed by atoms with Crippen molar-refractivity contribution < 1.29 is 4.57 Å². The number of benzene rings is 2. The van der Waals surface area contributed by atoms with Crippen LogP contribution in [0.4, 0.5) is 0 Å². The Balaban J connectivity index is 1.93. The number of aryl methyl sites for hydroxylation is 2. The van der Waals surface area contributed by atoms with Crippen molar-refractivity contribution in [3.63, 3.8) is 0 Å². The molecule has 2 nitrogen and oxygen atoms in total. The van der Waals surface area contributed by atoms with Crippen LogP contribution in [0.2, 0.25) is 13.1 Å². The second-order valence-corrected chi connectivity index (χ2v) is 13.6. The van der Waals surface area contributed by atoms with E-state index < -0.39 is 8.07 Å². The first-order chi connectivity index (χ1) is 11.5. The summed E-state index contributed by atoms with van der Waals surface area (Å²) >= 11 is 0.387. The van der Waals surface area contributed by atoms with Crippen LogP contribution < -0.4 is 23.9 Å². The zero-order chi connectivity index (χ0) is 16.9. The third-order valence-electron chi connectivity index (χ3n) is 5.01. The molecule has 1 aliphatic rings. The van der Waals surface area contributed by atoms with E-state index in [0.717, 1.165) is 0 Å². The van der Waals surface area contributed by atoms with Crippen LogP contribution in [0.5, 0.6) is 0 Å². The third kappa shape index (κ3) is 2.37. The van der Waals surface area contributed by atoms with Gasteiger partial charge in [-0.05, 0) is 0 Å². The molecule has 24 heavy (non-hydrogen) atoms. The van der Waals surface area contributed by atoms with Crippen molar-refractivity contribution in [2.24, 2.45) is 7.05 Å². The Labute approximate surface area is 150 Å². The molecular weight excluding hydrogens is 375 g/mol. The van der Waals surface area contributed by atoms with Crippen LogP contribution in [0.25, 0.3) is 11.3 Å². The van der Waals surface area contributed by atoms with Crippen LogP contribution in [0, 0.1) is 6.92 Å². The van der Waals surface area contributed by atoms with E-state index in [0.29, 0.717) is 15.0 Å². The third-order valence-corrected chi connectivity index (χ3v) is 11.7. The summed E-state index contributed by atoms with van der Waals surface area (Å²) in [6, 6.07) is 14.0. The van der Waals surface area contributed by atoms with E-state index in [1.165, 1.54) is 16.8 Å². The minimum absolute atomic E-state index is 0.387. The van der Waals surface area contributed by atoms with Gasteiger partial charge < -0.3 is 0 Å². The summed E-state index contributed by atoms with van der Waals surface area (Å²) in [4.78, 5) is 4.33. The van der Waals surface area contributed by atoms with Crippen LogP contribution in [0.15, 0.2) is 55.0 Å². The van der Waals surface area contributed by atoms with E-state index in [9.17, 15) is 0 Å². The molecule has 0 N–H and O–H groups in total. The van der Waals surface area contributed by atoms with Gasteiger partial charge in [-0.2, -0.15) is 0 Å². The van der Waals surface area contributed by atoms with E-state index in [2.05, 4.69) is 73.0 Å². The van der Waals surface area contributed by atoms with Gasteiger partial charge in [0.25, 0.3) is 0 Å². The van der Waals surface area contributed by atoms with E-state index in [4.69, 9.17) is 0 Å². The first-order valence-electron chi connectivity index (χ1n) is 8.21. The Bertz CT molecular complexity index is 950. The van der Waals surface area contributed by atoms with Crippen LogP contribution in [0.1, 0.15) is 5.56 Å². The van der Waals surface area contributed by atoms with Crippen molar-refractivity contribution in [3.8, 4) is 11.3 Å². The van der Waals surface area contributed by atoms with Gasteiger partial charge in [-0.3, -0.25) is 0 Å². The Morgan fingerprint density at radius 3 is 2.62 bits per heavy atom. The zero-order valence-corrected chi connectivity index (χ0v) is 17.2. The molecule has 0 bridgehead atoms. The van der Waals surface area contributed by atoms with Crippen molar-refractivity contribution in [2.45, 2.75) is 20.0 Å². The van der Waals surface area contributed by atoms with Gasteiger partial charge in [-0.25, -0.2) is 0 Å². The molecule has 2 aromatic carbocycles. The van der Waals surface area contributed by atoms with Crippen molar-refractivity contribution >= 4 is 42.3 Å². The molecular formula is C20H21N2SeSi+. The van der Waals surface area contributed by atoms with E-state index in [-0.39, 0.29) is 0 Å². The van der Waals surface area contributed by atoms with E-state index in [1.807, 2.05) is 18.6 Å². The maximum atomic E-state index is 4.33. The predicted octanol–water partition coefficient (Wildman–Crippen LogP) is 0.673. The Hall–Kier alpha value is -1.74. The van der Waals surface area contributed by atoms with Gasteiger partial charge in [0.05, 0.1) is 0 Å². The molecule has 0 fully saturated rings. The van der Waals surface area contributed by atoms with Gasteiger partial charge in [0.15, 0.2) is 0 Å². The molecule has 0 saturated heterocycles. The molecule has 120 valence electrons. The molecule has 0 spiro atoms. The van der Waals surface area contributed by atoms with Crippen LogP contribution in [-0.4, -0.2) is 28.0 Å². The molecule has 0 unspecified atom stereocenters. The SMILES string of the molecule is Cc1cc2c(cc1-c1cncc[n+]1C)[Se]c1ccccc1[Si]2(C)C. The van der Waals surface area contributed by atoms with Gasteiger partial charge in [0, 0.05) is 0 Å². The molecule has 0 aliphatic carbocycles. The van der Waals surface area contributed by atoms with Gasteiger partial charge in [-0.1, -0.05) is 0 Å². The van der Waals surface area contributed by atoms with Gasteiger partial charge in [-0.15, -0.1) is 0 Å². The molecule has 4 rings (SSSR count). The summed E-state index contributed by atoms with van der Waals surface area (Å²) < 4.78 is 5.29. The number of fused-ring (bicyclic) bond motifs is 2. The van der Waals surface area contributed by atoms with Crippen molar-refractivity contribution in [3.05, 3.63) is 60.6 Å². The maximum absolute atomic E-state index is 4.33. The molecule has 0 atom stereocenters. The summed E-state index contributed by atoms with van der Waals surface area (Å²) in [6.07, 6.45) is 5.84. The molecule has 0 saturated carbocycles. The number of nitrogens with zero attached hydrogens (tertiary/aromatic N) is 2. The summed E-state index contributed by atoms with van der Waals surface area (Å²) in [5, 5.41) is 3.24. The minimum atomic E-state index is -1.61. The van der Waals surface area contributed by atoms with Gasteiger partial charge in [0.2, 0.25) is 0 Å². The fraction of sp³-hybridized carbons (Fsp3) is 0.200. The average molecular weight is 396 g/mol. The van der Waals surface area contributed by atoms with Crippen LogP contribution in [0.3, 0.4) is 0 Å². The number of hydrogen-bond donors (Lipinski definition) is 0. The molecule has 0 amide bonds. The van der Waals surface area contributed by atoms with Crippen LogP contribution in [-0.2, 0) is 7.05 Å². The topological polar surface area (TPSA) is 16.8 Å². The first kappa shape index (κ1) is 15.8. The average Bonchev–Trinajstić information content (AvgIpc) is 2.56. The Morgan fingerprint density at radius 1 is 1.04 bits per heavy atom. The van der Waals surface area contributed by atoms with E-state index in [1.54, 1.807) is 19.3 Å². The van der Waals surface area contributed by atoms with Gasteiger partial charge in [0.1, 0.15) is 0 Å². The number of hydrogen-bond acceptors (Lipinski definition) is 1. The fourth-order valence-electron chi connectivity index (χ4n) is 3.56. The van der Waals surface area contributed by atoms with Crippen molar-refractivity contribution in [1.82, 2.24) is 4.98 Å². The molecule has 1 aliphatic heterocycles. The normalized spacial score (nSPS) is 14.8. The van der Waals surface area contributed by atoms with E-state index >= 15 is 0 Å². The molecule has 3 aromatic rings. The molecule has 4 heteroatoms. The predicted molar refractivity (Wildman–Crippen MR) is 104 cm³/mol. The summed E-state index contributed by atoms with van der Waals surface area (Å²) in [6.45, 7) is 7.22. The van der Waals surface area contributed by atoms with Crippen molar-refractivity contribution in [1.29, 1.82) is 0 Å². The standard InChI is InChI=1S/C20H21N2SeSi/c1-14-11-20-18(12-15(14)16-13-21-9-10-22(16)2)23-17-7-5-6-8-19(17)24(20,3)4/h5-13H,1-4H3/q+1. The summed E-state index contributed by atoms with van der Waals surface area (Å²) in [5.74, 6) is 0. The fourth-order valence-corrected chi connectivity index (χ4v) is 12.0. The summed E-state index contributed by atoms with van der Waals surface area (Å²) in [5.41, 5.74) is 3.86. The van der Waals surface area contributed by atoms with Crippen LogP contribution >= 0.6 is 0 Å².